The molecule has 0 aliphatic heterocycles. The molecule has 0 aliphatic rings. The first-order valence-electron chi connectivity index (χ1n) is 16.1. The van der Waals surface area contributed by atoms with Gasteiger partial charge in [-0.2, -0.15) is 0 Å². The number of fused-ring (bicyclic) bond motifs is 2. The smallest absolute Gasteiger partial charge is 0.162 e. The van der Waals surface area contributed by atoms with Gasteiger partial charge in [0, 0.05) is 50.5 Å². The third-order valence-electron chi connectivity index (χ3n) is 8.61. The van der Waals surface area contributed by atoms with Gasteiger partial charge >= 0.3 is 0 Å². The van der Waals surface area contributed by atoms with Crippen LogP contribution < -0.4 is 4.57 Å². The van der Waals surface area contributed by atoms with E-state index in [9.17, 15) is 9.90 Å². The van der Waals surface area contributed by atoms with Gasteiger partial charge < -0.3 is 14.1 Å². The van der Waals surface area contributed by atoms with Gasteiger partial charge in [-0.25, -0.2) is 0 Å². The number of ketones is 1. The van der Waals surface area contributed by atoms with E-state index in [1.165, 1.54) is 17.0 Å². The summed E-state index contributed by atoms with van der Waals surface area (Å²) in [5.74, 6) is 0.547. The molecule has 0 saturated heterocycles. The first-order valence-corrected chi connectivity index (χ1v) is 16.1. The number of carbonyl (C=O) groups is 1. The van der Waals surface area contributed by atoms with Crippen LogP contribution in [0.15, 0.2) is 89.5 Å². The fourth-order valence-electron chi connectivity index (χ4n) is 5.71. The number of aliphatic hydroxyl groups excluding tert-OH is 1. The van der Waals surface area contributed by atoms with Crippen molar-refractivity contribution in [3.63, 3.8) is 0 Å². The second kappa shape index (κ2) is 16.2. The van der Waals surface area contributed by atoms with Crippen molar-refractivity contribution >= 4 is 27.5 Å². The quantitative estimate of drug-likeness (QED) is 0.0699. The second-order valence-electron chi connectivity index (χ2n) is 12.7. The molecule has 0 unspecified atom stereocenters. The van der Waals surface area contributed by atoms with Gasteiger partial charge in [0.05, 0.1) is 30.1 Å². The van der Waals surface area contributed by atoms with Gasteiger partial charge in [-0.15, -0.1) is 29.1 Å². The number of benzene rings is 2. The predicted octanol–water partition coefficient (Wildman–Crippen LogP) is 10.2. The van der Waals surface area contributed by atoms with Gasteiger partial charge in [0.25, 0.3) is 0 Å². The number of allylic oxidation sites excluding steroid dienone is 2. The van der Waals surface area contributed by atoms with Crippen LogP contribution in [-0.2, 0) is 30.3 Å². The largest absolute Gasteiger partial charge is 0.512 e. The summed E-state index contributed by atoms with van der Waals surface area (Å²) in [5.41, 5.74) is 6.07. The molecule has 3 aromatic heterocycles. The molecule has 5 nitrogen and oxygen atoms in total. The van der Waals surface area contributed by atoms with Crippen LogP contribution in [0.4, 0.5) is 0 Å². The Kier molecular flexibility index (Phi) is 12.9. The van der Waals surface area contributed by atoms with Crippen LogP contribution in [0.3, 0.4) is 0 Å². The number of hydrogen-bond donors (Lipinski definition) is 1. The number of hydrogen-bond acceptors (Lipinski definition) is 4. The summed E-state index contributed by atoms with van der Waals surface area (Å²) >= 11 is 0. The van der Waals surface area contributed by atoms with E-state index in [4.69, 9.17) is 4.42 Å². The van der Waals surface area contributed by atoms with Crippen molar-refractivity contribution in [2.75, 3.05) is 0 Å². The predicted molar refractivity (Wildman–Crippen MR) is 185 cm³/mol. The zero-order valence-electron chi connectivity index (χ0n) is 28.2. The van der Waals surface area contributed by atoms with Gasteiger partial charge in [-0.1, -0.05) is 77.6 Å². The molecule has 5 rings (SSSR count). The molecule has 0 amide bonds. The first kappa shape index (κ1) is 36.7. The Morgan fingerprint density at radius 1 is 1.00 bits per heavy atom. The minimum Gasteiger partial charge on any atom is -0.512 e. The minimum absolute atomic E-state index is 0. The molecular formula is C40H47IrN2O3-. The van der Waals surface area contributed by atoms with Crippen LogP contribution in [0.5, 0.6) is 0 Å². The topological polar surface area (TPSA) is 67.2 Å². The van der Waals surface area contributed by atoms with Gasteiger partial charge in [0.1, 0.15) is 5.69 Å². The molecule has 0 aliphatic carbocycles. The maximum absolute atomic E-state index is 11.7. The third kappa shape index (κ3) is 8.54. The number of aliphatic hydroxyl groups is 1. The molecule has 46 heavy (non-hydrogen) atoms. The monoisotopic (exact) mass is 796 g/mol. The van der Waals surface area contributed by atoms with E-state index < -0.39 is 0 Å². The molecule has 0 fully saturated rings. The summed E-state index contributed by atoms with van der Waals surface area (Å²) in [6.07, 6.45) is 10.3. The van der Waals surface area contributed by atoms with Crippen molar-refractivity contribution in [3.05, 3.63) is 104 Å². The number of aromatic nitrogens is 2. The molecule has 0 bridgehead atoms. The van der Waals surface area contributed by atoms with Crippen molar-refractivity contribution in [3.8, 4) is 22.5 Å². The van der Waals surface area contributed by atoms with E-state index in [0.717, 1.165) is 64.6 Å². The van der Waals surface area contributed by atoms with Gasteiger partial charge in [0.15, 0.2) is 11.4 Å². The molecule has 1 N–H and O–H groups in total. The number of carbonyl (C=O) groups excluding carboxylic acids is 1. The van der Waals surface area contributed by atoms with Crippen LogP contribution in [-0.4, -0.2) is 15.9 Å². The zero-order valence-corrected chi connectivity index (χ0v) is 30.6. The first-order chi connectivity index (χ1) is 21.5. The average molecular weight is 796 g/mol. The number of pyridine rings is 2. The van der Waals surface area contributed by atoms with Crippen molar-refractivity contribution < 1.29 is 39.0 Å². The summed E-state index contributed by atoms with van der Waals surface area (Å²) in [5, 5.41) is 13.2. The summed E-state index contributed by atoms with van der Waals surface area (Å²) in [6, 6.07) is 22.5. The van der Waals surface area contributed by atoms with Crippen LogP contribution in [0, 0.1) is 24.9 Å². The Labute approximate surface area is 288 Å². The molecule has 0 spiro atoms. The fraction of sp³-hybridized carbons (Fsp3) is 0.350. The Hall–Kier alpha value is -3.73. The molecule has 1 radical (unpaired) electrons. The molecule has 5 aromatic rings. The Bertz CT molecular complexity index is 1790. The fourth-order valence-corrected chi connectivity index (χ4v) is 5.71. The minimum atomic E-state index is 0. The van der Waals surface area contributed by atoms with Crippen molar-refractivity contribution in [2.24, 2.45) is 11.8 Å². The van der Waals surface area contributed by atoms with Gasteiger partial charge in [-0.3, -0.25) is 9.78 Å². The average Bonchev–Trinajstić information content (AvgIpc) is 3.50. The standard InChI is InChI=1S/C27H23N2O.C13H24O2.Ir/c1-27(2,3)23-14-21(13-18-7-5-6-8-22(18)23)25-16-19(9-11-29(25)4)24-15-20-10-12-30-26(20)17-28-24;1-5-10(6-2)12(14)9-13(15)11(7-3)8-4;/h5-12,14-17H,4H2,1-3H3;9-11,14H,5-8H2,1-4H3;/q-1;;/b;12-9-;. The molecule has 3 heterocycles. The van der Waals surface area contributed by atoms with E-state index >= 15 is 0 Å². The van der Waals surface area contributed by atoms with E-state index in [1.54, 1.807) is 12.5 Å². The van der Waals surface area contributed by atoms with Crippen molar-refractivity contribution in [2.45, 2.75) is 79.6 Å². The number of rotatable bonds is 9. The summed E-state index contributed by atoms with van der Waals surface area (Å²) in [4.78, 5) is 16.3. The van der Waals surface area contributed by atoms with Crippen molar-refractivity contribution in [1.82, 2.24) is 4.98 Å². The summed E-state index contributed by atoms with van der Waals surface area (Å²) < 4.78 is 7.32. The maximum Gasteiger partial charge on any atom is 0.162 e. The summed E-state index contributed by atoms with van der Waals surface area (Å²) in [7, 11) is 4.21. The normalized spacial score (nSPS) is 11.9. The SMILES string of the molecule is CCC(CC)C(=O)/C=C(\O)C(CC)CC.[CH2-][n+]1ccc(-c2cc3ccoc3cn2)cc1-c1[c-]c2ccccc2c(C(C)(C)C)c1.[Ir]. The second-order valence-corrected chi connectivity index (χ2v) is 12.7. The van der Waals surface area contributed by atoms with Gasteiger partial charge in [-0.05, 0) is 60.9 Å². The summed E-state index contributed by atoms with van der Waals surface area (Å²) in [6.45, 7) is 14.8. The molecular weight excluding hydrogens is 749 g/mol. The molecule has 0 saturated carbocycles. The van der Waals surface area contributed by atoms with Gasteiger partial charge in [0.2, 0.25) is 0 Å². The van der Waals surface area contributed by atoms with Crippen LogP contribution in [0.1, 0.15) is 79.7 Å². The Balaban J connectivity index is 0.000000309. The third-order valence-corrected chi connectivity index (χ3v) is 8.61. The Morgan fingerprint density at radius 3 is 2.33 bits per heavy atom. The molecule has 2 aromatic carbocycles. The van der Waals surface area contributed by atoms with Crippen LogP contribution >= 0.6 is 0 Å². The van der Waals surface area contributed by atoms with Crippen LogP contribution in [0.25, 0.3) is 44.3 Å². The van der Waals surface area contributed by atoms with Crippen LogP contribution in [0.2, 0.25) is 0 Å². The molecule has 6 heteroatoms. The maximum atomic E-state index is 11.7. The van der Waals surface area contributed by atoms with E-state index in [-0.39, 0.29) is 48.9 Å². The Morgan fingerprint density at radius 2 is 1.67 bits per heavy atom. The molecule has 245 valence electrons. The van der Waals surface area contributed by atoms with Crippen molar-refractivity contribution in [1.29, 1.82) is 0 Å². The molecule has 0 atom stereocenters. The number of nitrogens with zero attached hydrogens (tertiary/aromatic N) is 2. The van der Waals surface area contributed by atoms with E-state index in [2.05, 4.69) is 81.3 Å². The zero-order chi connectivity index (χ0) is 32.7. The van der Waals surface area contributed by atoms with E-state index in [0.29, 0.717) is 0 Å². The van der Waals surface area contributed by atoms with E-state index in [1.807, 2.05) is 50.6 Å². The number of furan rings is 1.